The first-order valence-electron chi connectivity index (χ1n) is 6.63. The lowest BCUT2D eigenvalue weighted by Crippen LogP contribution is -2.54. The summed E-state index contributed by atoms with van der Waals surface area (Å²) in [6.07, 6.45) is 2.97. The molecule has 1 aliphatic heterocycles. The highest BCUT2D eigenvalue weighted by molar-refractivity contribution is 8.00. The summed E-state index contributed by atoms with van der Waals surface area (Å²) in [6.45, 7) is 2.42. The average Bonchev–Trinajstić information content (AvgIpc) is 2.95. The standard InChI is InChI=1S/C13H19N3O3S/c1-2-9-6-11(17)16-13(15-9)20-8-12(18)14-7-10-4-3-5-19-10/h3-5,9,13,15H,2,6-8H2,1H3,(H,14,18)(H,16,17). The number of nitrogens with one attached hydrogen (secondary N) is 3. The minimum Gasteiger partial charge on any atom is -0.467 e. The van der Waals surface area contributed by atoms with E-state index in [4.69, 9.17) is 4.42 Å². The first-order chi connectivity index (χ1) is 9.67. The maximum atomic E-state index is 11.7. The Morgan fingerprint density at radius 1 is 1.60 bits per heavy atom. The highest BCUT2D eigenvalue weighted by atomic mass is 32.2. The zero-order valence-corrected chi connectivity index (χ0v) is 12.2. The zero-order valence-electron chi connectivity index (χ0n) is 11.3. The molecule has 6 nitrogen and oxygen atoms in total. The third-order valence-corrected chi connectivity index (χ3v) is 4.04. The summed E-state index contributed by atoms with van der Waals surface area (Å²) in [5.74, 6) is 0.957. The molecule has 2 rings (SSSR count). The molecule has 110 valence electrons. The van der Waals surface area contributed by atoms with Crippen LogP contribution in [0.2, 0.25) is 0 Å². The predicted octanol–water partition coefficient (Wildman–Crippen LogP) is 0.801. The number of amides is 2. The lowest BCUT2D eigenvalue weighted by Gasteiger charge is -2.30. The monoisotopic (exact) mass is 297 g/mol. The predicted molar refractivity (Wildman–Crippen MR) is 76.8 cm³/mol. The van der Waals surface area contributed by atoms with Crippen molar-refractivity contribution in [2.24, 2.45) is 0 Å². The van der Waals surface area contributed by atoms with Crippen molar-refractivity contribution in [3.63, 3.8) is 0 Å². The minimum absolute atomic E-state index is 0.0316. The van der Waals surface area contributed by atoms with Crippen LogP contribution < -0.4 is 16.0 Å². The van der Waals surface area contributed by atoms with Crippen LogP contribution in [0.1, 0.15) is 25.5 Å². The highest BCUT2D eigenvalue weighted by Gasteiger charge is 2.25. The summed E-state index contributed by atoms with van der Waals surface area (Å²) >= 11 is 1.38. The average molecular weight is 297 g/mol. The number of thioether (sulfide) groups is 1. The Bertz CT molecular complexity index is 450. The fourth-order valence-electron chi connectivity index (χ4n) is 1.90. The van der Waals surface area contributed by atoms with Crippen LogP contribution in [0.15, 0.2) is 22.8 Å². The van der Waals surface area contributed by atoms with Crippen molar-refractivity contribution >= 4 is 23.6 Å². The second-order valence-electron chi connectivity index (χ2n) is 4.59. The largest absolute Gasteiger partial charge is 0.467 e. The maximum absolute atomic E-state index is 11.7. The summed E-state index contributed by atoms with van der Waals surface area (Å²) in [5.41, 5.74) is -0.199. The van der Waals surface area contributed by atoms with Gasteiger partial charge in [-0.1, -0.05) is 6.92 Å². The van der Waals surface area contributed by atoms with E-state index in [1.165, 1.54) is 11.8 Å². The quantitative estimate of drug-likeness (QED) is 0.723. The van der Waals surface area contributed by atoms with Crippen molar-refractivity contribution in [3.8, 4) is 0 Å². The van der Waals surface area contributed by atoms with Gasteiger partial charge in [-0.05, 0) is 18.6 Å². The zero-order chi connectivity index (χ0) is 14.4. The Labute approximate surface area is 122 Å². The molecular weight excluding hydrogens is 278 g/mol. The molecule has 2 heterocycles. The summed E-state index contributed by atoms with van der Waals surface area (Å²) in [7, 11) is 0. The van der Waals surface area contributed by atoms with Gasteiger partial charge in [0.2, 0.25) is 11.8 Å². The molecule has 0 bridgehead atoms. The van der Waals surface area contributed by atoms with Gasteiger partial charge in [-0.15, -0.1) is 11.8 Å². The van der Waals surface area contributed by atoms with Gasteiger partial charge in [0.25, 0.3) is 0 Å². The Morgan fingerprint density at radius 3 is 3.15 bits per heavy atom. The normalized spacial score (nSPS) is 22.4. The number of carbonyl (C=O) groups is 2. The van der Waals surface area contributed by atoms with E-state index in [1.807, 2.05) is 13.0 Å². The molecule has 0 aliphatic carbocycles. The van der Waals surface area contributed by atoms with E-state index < -0.39 is 0 Å². The summed E-state index contributed by atoms with van der Waals surface area (Å²) in [6, 6.07) is 3.78. The molecule has 0 radical (unpaired) electrons. The van der Waals surface area contributed by atoms with Gasteiger partial charge in [-0.3, -0.25) is 14.9 Å². The van der Waals surface area contributed by atoms with Crippen LogP contribution in [0.5, 0.6) is 0 Å². The molecule has 7 heteroatoms. The van der Waals surface area contributed by atoms with E-state index in [1.54, 1.807) is 12.3 Å². The third-order valence-electron chi connectivity index (χ3n) is 3.02. The van der Waals surface area contributed by atoms with E-state index in [9.17, 15) is 9.59 Å². The van der Waals surface area contributed by atoms with E-state index in [-0.39, 0.29) is 29.1 Å². The van der Waals surface area contributed by atoms with Crippen LogP contribution in [-0.4, -0.2) is 29.1 Å². The summed E-state index contributed by atoms with van der Waals surface area (Å²) in [5, 5.41) is 8.88. The van der Waals surface area contributed by atoms with Crippen molar-refractivity contribution in [1.29, 1.82) is 0 Å². The molecule has 1 fully saturated rings. The number of rotatable bonds is 6. The molecule has 2 atom stereocenters. The van der Waals surface area contributed by atoms with Crippen LogP contribution in [0.25, 0.3) is 0 Å². The SMILES string of the molecule is CCC1CC(=O)NC(SCC(=O)NCc2ccco2)N1. The number of hydrogen-bond acceptors (Lipinski definition) is 5. The topological polar surface area (TPSA) is 83.4 Å². The second-order valence-corrected chi connectivity index (χ2v) is 5.68. The van der Waals surface area contributed by atoms with Gasteiger partial charge in [0.1, 0.15) is 11.3 Å². The molecular formula is C13H19N3O3S. The molecule has 1 aromatic rings. The van der Waals surface area contributed by atoms with Gasteiger partial charge < -0.3 is 15.1 Å². The highest BCUT2D eigenvalue weighted by Crippen LogP contribution is 2.13. The fourth-order valence-corrected chi connectivity index (χ4v) is 2.83. The first-order valence-corrected chi connectivity index (χ1v) is 7.68. The number of hydrogen-bond donors (Lipinski definition) is 3. The Morgan fingerprint density at radius 2 is 2.45 bits per heavy atom. The number of furan rings is 1. The molecule has 3 N–H and O–H groups in total. The Kier molecular flexibility index (Phi) is 5.49. The number of carbonyl (C=O) groups excluding carboxylic acids is 2. The molecule has 0 aromatic carbocycles. The molecule has 0 spiro atoms. The van der Waals surface area contributed by atoms with E-state index >= 15 is 0 Å². The molecule has 2 unspecified atom stereocenters. The lowest BCUT2D eigenvalue weighted by atomic mass is 10.1. The molecule has 0 saturated carbocycles. The van der Waals surface area contributed by atoms with Gasteiger partial charge in [0.05, 0.1) is 18.6 Å². The fraction of sp³-hybridized carbons (Fsp3) is 0.538. The smallest absolute Gasteiger partial charge is 0.230 e. The van der Waals surface area contributed by atoms with E-state index in [0.717, 1.165) is 12.2 Å². The lowest BCUT2D eigenvalue weighted by molar-refractivity contribution is -0.123. The van der Waals surface area contributed by atoms with Crippen LogP contribution in [-0.2, 0) is 16.1 Å². The van der Waals surface area contributed by atoms with Crippen LogP contribution in [0.4, 0.5) is 0 Å². The first kappa shape index (κ1) is 14.9. The van der Waals surface area contributed by atoms with Crippen molar-refractivity contribution in [1.82, 2.24) is 16.0 Å². The molecule has 2 amide bonds. The van der Waals surface area contributed by atoms with Gasteiger partial charge >= 0.3 is 0 Å². The second kappa shape index (κ2) is 7.35. The molecule has 1 aromatic heterocycles. The van der Waals surface area contributed by atoms with E-state index in [0.29, 0.717) is 13.0 Å². The molecule has 1 saturated heterocycles. The van der Waals surface area contributed by atoms with Crippen LogP contribution >= 0.6 is 11.8 Å². The summed E-state index contributed by atoms with van der Waals surface area (Å²) in [4.78, 5) is 23.2. The van der Waals surface area contributed by atoms with Gasteiger partial charge in [0.15, 0.2) is 0 Å². The Balaban J connectivity index is 1.68. The van der Waals surface area contributed by atoms with E-state index in [2.05, 4.69) is 16.0 Å². The van der Waals surface area contributed by atoms with Crippen molar-refractivity contribution < 1.29 is 14.0 Å². The van der Waals surface area contributed by atoms with Crippen molar-refractivity contribution in [2.75, 3.05) is 5.75 Å². The molecule has 20 heavy (non-hydrogen) atoms. The van der Waals surface area contributed by atoms with Gasteiger partial charge in [0, 0.05) is 12.5 Å². The Hall–Kier alpha value is -1.47. The third kappa shape index (κ3) is 4.57. The van der Waals surface area contributed by atoms with Crippen molar-refractivity contribution in [2.45, 2.75) is 37.8 Å². The van der Waals surface area contributed by atoms with Crippen LogP contribution in [0.3, 0.4) is 0 Å². The maximum Gasteiger partial charge on any atom is 0.230 e. The van der Waals surface area contributed by atoms with Gasteiger partial charge in [-0.2, -0.15) is 0 Å². The van der Waals surface area contributed by atoms with Crippen LogP contribution in [0, 0.1) is 0 Å². The van der Waals surface area contributed by atoms with Gasteiger partial charge in [-0.25, -0.2) is 0 Å². The van der Waals surface area contributed by atoms with Crippen molar-refractivity contribution in [3.05, 3.63) is 24.2 Å². The molecule has 1 aliphatic rings. The summed E-state index contributed by atoms with van der Waals surface area (Å²) < 4.78 is 5.13. The minimum atomic E-state index is -0.199.